The molecule has 2 fully saturated rings. The highest BCUT2D eigenvalue weighted by Gasteiger charge is 2.43. The molecule has 1 saturated heterocycles. The molecule has 1 aliphatic heterocycles. The zero-order valence-electron chi connectivity index (χ0n) is 16.0. The van der Waals surface area contributed by atoms with E-state index >= 15 is 0 Å². The van der Waals surface area contributed by atoms with E-state index in [1.54, 1.807) is 12.5 Å². The lowest BCUT2D eigenvalue weighted by atomic mass is 9.74. The summed E-state index contributed by atoms with van der Waals surface area (Å²) < 4.78 is 1.86. The standard InChI is InChI=1S/C19H23ClN8S/c20-15-12(3-7-23-16(15)22)29-18-17-25-11-26-28(17)14(10-24-18)27-8-5-19(6-9-27)4-1-2-13(19)21/h3,7,10-11,13H,1-2,4-6,8-9,21H2,(H2,22,23). The number of nitrogen functional groups attached to an aromatic ring is 1. The van der Waals surface area contributed by atoms with Crippen molar-refractivity contribution in [1.29, 1.82) is 0 Å². The van der Waals surface area contributed by atoms with Crippen molar-refractivity contribution in [2.24, 2.45) is 11.1 Å². The Morgan fingerprint density at radius 2 is 2.00 bits per heavy atom. The first-order chi connectivity index (χ1) is 14.1. The minimum atomic E-state index is 0.304. The van der Waals surface area contributed by atoms with Gasteiger partial charge in [-0.3, -0.25) is 0 Å². The molecule has 1 saturated carbocycles. The molecular weight excluding hydrogens is 408 g/mol. The number of piperidine rings is 1. The highest BCUT2D eigenvalue weighted by Crippen LogP contribution is 2.46. The summed E-state index contributed by atoms with van der Waals surface area (Å²) in [5, 5.41) is 5.61. The second-order valence-electron chi connectivity index (χ2n) is 7.88. The Kier molecular flexibility index (Phi) is 4.76. The van der Waals surface area contributed by atoms with Gasteiger partial charge in [-0.1, -0.05) is 29.8 Å². The molecule has 5 rings (SSSR count). The summed E-state index contributed by atoms with van der Waals surface area (Å²) in [6.45, 7) is 1.92. The van der Waals surface area contributed by atoms with Crippen LogP contribution in [0, 0.1) is 5.41 Å². The van der Waals surface area contributed by atoms with Crippen molar-refractivity contribution >= 4 is 40.6 Å². The van der Waals surface area contributed by atoms with Crippen molar-refractivity contribution in [1.82, 2.24) is 24.6 Å². The summed E-state index contributed by atoms with van der Waals surface area (Å²) in [5.41, 5.74) is 13.3. The normalized spacial score (nSPS) is 21.3. The minimum Gasteiger partial charge on any atom is -0.382 e. The topological polar surface area (TPSA) is 111 Å². The molecule has 1 unspecified atom stereocenters. The molecule has 2 aliphatic rings. The summed E-state index contributed by atoms with van der Waals surface area (Å²) in [4.78, 5) is 16.3. The van der Waals surface area contributed by atoms with Crippen LogP contribution in [0.2, 0.25) is 5.02 Å². The van der Waals surface area contributed by atoms with Crippen molar-refractivity contribution in [3.05, 3.63) is 29.8 Å². The molecule has 1 atom stereocenters. The largest absolute Gasteiger partial charge is 0.382 e. The van der Waals surface area contributed by atoms with E-state index in [2.05, 4.69) is 25.0 Å². The van der Waals surface area contributed by atoms with Crippen LogP contribution in [0.4, 0.5) is 11.6 Å². The summed E-state index contributed by atoms with van der Waals surface area (Å²) in [6.07, 6.45) is 11.0. The van der Waals surface area contributed by atoms with Crippen LogP contribution in [0.5, 0.6) is 0 Å². The average molecular weight is 431 g/mol. The fourth-order valence-electron chi connectivity index (χ4n) is 4.66. The van der Waals surface area contributed by atoms with E-state index in [9.17, 15) is 0 Å². The Morgan fingerprint density at radius 3 is 2.76 bits per heavy atom. The molecule has 29 heavy (non-hydrogen) atoms. The van der Waals surface area contributed by atoms with Gasteiger partial charge < -0.3 is 16.4 Å². The lowest BCUT2D eigenvalue weighted by molar-refractivity contribution is 0.197. The van der Waals surface area contributed by atoms with Crippen molar-refractivity contribution in [2.75, 3.05) is 23.7 Å². The average Bonchev–Trinajstić information content (AvgIpc) is 3.35. The zero-order valence-corrected chi connectivity index (χ0v) is 17.5. The summed E-state index contributed by atoms with van der Waals surface area (Å²) in [7, 11) is 0. The van der Waals surface area contributed by atoms with E-state index in [4.69, 9.17) is 23.1 Å². The summed E-state index contributed by atoms with van der Waals surface area (Å²) in [6, 6.07) is 2.16. The molecule has 0 bridgehead atoms. The third-order valence-electron chi connectivity index (χ3n) is 6.40. The third-order valence-corrected chi connectivity index (χ3v) is 7.95. The second-order valence-corrected chi connectivity index (χ2v) is 9.28. The van der Waals surface area contributed by atoms with E-state index in [1.165, 1.54) is 24.6 Å². The van der Waals surface area contributed by atoms with Gasteiger partial charge in [-0.15, -0.1) is 0 Å². The van der Waals surface area contributed by atoms with Crippen LogP contribution in [-0.2, 0) is 0 Å². The lowest BCUT2D eigenvalue weighted by Gasteiger charge is -2.42. The Hall–Kier alpha value is -2.10. The maximum Gasteiger partial charge on any atom is 0.190 e. The fraction of sp³-hybridized carbons (Fsp3) is 0.474. The Balaban J connectivity index is 1.42. The van der Waals surface area contributed by atoms with E-state index < -0.39 is 0 Å². The zero-order chi connectivity index (χ0) is 20.0. The number of fused-ring (bicyclic) bond motifs is 1. The molecule has 1 spiro atoms. The van der Waals surface area contributed by atoms with Gasteiger partial charge in [0.15, 0.2) is 11.5 Å². The highest BCUT2D eigenvalue weighted by atomic mass is 35.5. The molecule has 152 valence electrons. The predicted molar refractivity (Wildman–Crippen MR) is 114 cm³/mol. The van der Waals surface area contributed by atoms with Crippen molar-refractivity contribution in [3.8, 4) is 0 Å². The van der Waals surface area contributed by atoms with Gasteiger partial charge in [0, 0.05) is 30.2 Å². The first kappa shape index (κ1) is 18.9. The number of hydrogen-bond acceptors (Lipinski definition) is 8. The second kappa shape index (κ2) is 7.30. The van der Waals surface area contributed by atoms with E-state index in [0.29, 0.717) is 27.9 Å². The van der Waals surface area contributed by atoms with Gasteiger partial charge in [0.2, 0.25) is 0 Å². The first-order valence-corrected chi connectivity index (χ1v) is 11.0. The van der Waals surface area contributed by atoms with Crippen LogP contribution in [0.25, 0.3) is 5.65 Å². The molecular formula is C19H23ClN8S. The monoisotopic (exact) mass is 430 g/mol. The minimum absolute atomic E-state index is 0.304. The first-order valence-electron chi connectivity index (χ1n) is 9.84. The van der Waals surface area contributed by atoms with Gasteiger partial charge in [-0.05, 0) is 37.2 Å². The maximum atomic E-state index is 6.43. The van der Waals surface area contributed by atoms with Gasteiger partial charge >= 0.3 is 0 Å². The van der Waals surface area contributed by atoms with E-state index in [-0.39, 0.29) is 0 Å². The molecule has 4 heterocycles. The Labute approximate surface area is 178 Å². The molecule has 0 amide bonds. The number of nitrogens with two attached hydrogens (primary N) is 2. The van der Waals surface area contributed by atoms with Crippen LogP contribution in [0.15, 0.2) is 34.7 Å². The smallest absolute Gasteiger partial charge is 0.190 e. The maximum absolute atomic E-state index is 6.43. The highest BCUT2D eigenvalue weighted by molar-refractivity contribution is 7.99. The lowest BCUT2D eigenvalue weighted by Crippen LogP contribution is -2.47. The number of anilines is 2. The van der Waals surface area contributed by atoms with Gasteiger partial charge in [-0.25, -0.2) is 15.0 Å². The van der Waals surface area contributed by atoms with Crippen molar-refractivity contribution in [3.63, 3.8) is 0 Å². The molecule has 4 N–H and O–H groups in total. The van der Waals surface area contributed by atoms with Gasteiger partial charge in [0.25, 0.3) is 0 Å². The Bertz CT molecular complexity index is 1050. The van der Waals surface area contributed by atoms with Gasteiger partial charge in [0.05, 0.1) is 11.2 Å². The number of nitrogens with zero attached hydrogens (tertiary/aromatic N) is 6. The van der Waals surface area contributed by atoms with E-state index in [1.807, 2.05) is 16.8 Å². The van der Waals surface area contributed by atoms with Gasteiger partial charge in [0.1, 0.15) is 17.2 Å². The van der Waals surface area contributed by atoms with Crippen molar-refractivity contribution < 1.29 is 0 Å². The fourth-order valence-corrected chi connectivity index (χ4v) is 5.76. The molecule has 8 nitrogen and oxygen atoms in total. The van der Waals surface area contributed by atoms with Crippen LogP contribution in [0.3, 0.4) is 0 Å². The van der Waals surface area contributed by atoms with Crippen LogP contribution in [-0.4, -0.2) is 43.7 Å². The summed E-state index contributed by atoms with van der Waals surface area (Å²) in [5.74, 6) is 1.27. The van der Waals surface area contributed by atoms with Crippen molar-refractivity contribution in [2.45, 2.75) is 48.1 Å². The molecule has 1 aliphatic carbocycles. The molecule has 0 radical (unpaired) electrons. The third kappa shape index (κ3) is 3.21. The number of hydrogen-bond donors (Lipinski definition) is 2. The van der Waals surface area contributed by atoms with Gasteiger partial charge in [-0.2, -0.15) is 9.61 Å². The Morgan fingerprint density at radius 1 is 1.17 bits per heavy atom. The number of rotatable bonds is 3. The SMILES string of the molecule is Nc1nccc(Sc2ncc(N3CCC4(CCCC4N)CC3)n3ncnc23)c1Cl. The number of pyridine rings is 1. The van der Waals surface area contributed by atoms with Crippen LogP contribution in [0.1, 0.15) is 32.1 Å². The number of aromatic nitrogens is 5. The summed E-state index contributed by atoms with van der Waals surface area (Å²) >= 11 is 7.71. The molecule has 3 aromatic heterocycles. The van der Waals surface area contributed by atoms with Crippen LogP contribution < -0.4 is 16.4 Å². The van der Waals surface area contributed by atoms with Crippen LogP contribution >= 0.6 is 23.4 Å². The molecule has 10 heteroatoms. The quantitative estimate of drug-likeness (QED) is 0.652. The number of halogens is 1. The van der Waals surface area contributed by atoms with E-state index in [0.717, 1.165) is 48.1 Å². The molecule has 0 aromatic carbocycles. The predicted octanol–water partition coefficient (Wildman–Crippen LogP) is 3.00. The molecule has 3 aromatic rings.